The van der Waals surface area contributed by atoms with Crippen molar-refractivity contribution in [1.29, 1.82) is 0 Å². The summed E-state index contributed by atoms with van der Waals surface area (Å²) in [6, 6.07) is 14.6. The summed E-state index contributed by atoms with van der Waals surface area (Å²) in [5, 5.41) is 0. The molecule has 0 atom stereocenters. The first-order chi connectivity index (χ1) is 12.3. The van der Waals surface area contributed by atoms with Gasteiger partial charge in [-0.25, -0.2) is 4.99 Å². The Morgan fingerprint density at radius 2 is 1.80 bits per heavy atom. The molecule has 4 heterocycles. The number of rotatable bonds is 2. The van der Waals surface area contributed by atoms with E-state index in [-0.39, 0.29) is 0 Å². The summed E-state index contributed by atoms with van der Waals surface area (Å²) >= 11 is 1.76. The molecule has 0 amide bonds. The van der Waals surface area contributed by atoms with Gasteiger partial charge in [0.25, 0.3) is 0 Å². The molecule has 0 unspecified atom stereocenters. The molecule has 0 radical (unpaired) electrons. The maximum Gasteiger partial charge on any atom is 0.104 e. The van der Waals surface area contributed by atoms with Crippen molar-refractivity contribution in [3.05, 3.63) is 66.6 Å². The summed E-state index contributed by atoms with van der Waals surface area (Å²) in [4.78, 5) is 14.3. The molecule has 4 aromatic rings. The molecule has 4 nitrogen and oxygen atoms in total. The van der Waals surface area contributed by atoms with E-state index in [0.717, 1.165) is 28.8 Å². The van der Waals surface area contributed by atoms with Crippen LogP contribution in [0.4, 0.5) is 5.69 Å². The zero-order valence-electron chi connectivity index (χ0n) is 13.3. The molecule has 5 heteroatoms. The van der Waals surface area contributed by atoms with E-state index in [9.17, 15) is 0 Å². The van der Waals surface area contributed by atoms with Crippen LogP contribution in [-0.2, 0) is 6.42 Å². The average molecular weight is 342 g/mol. The van der Waals surface area contributed by atoms with Gasteiger partial charge in [-0.2, -0.15) is 0 Å². The van der Waals surface area contributed by atoms with Gasteiger partial charge in [0.2, 0.25) is 0 Å². The van der Waals surface area contributed by atoms with Crippen LogP contribution in [-0.4, -0.2) is 15.8 Å². The largest absolute Gasteiger partial charge is 0.387 e. The number of hydrogen-bond acceptors (Lipinski definition) is 5. The lowest BCUT2D eigenvalue weighted by Gasteiger charge is -2.02. The summed E-state index contributed by atoms with van der Waals surface area (Å²) in [6.45, 7) is 0. The molecule has 0 saturated carbocycles. The molecule has 1 aromatic carbocycles. The molecule has 3 aromatic heterocycles. The minimum Gasteiger partial charge on any atom is -0.387 e. The maximum absolute atomic E-state index is 5.86. The zero-order chi connectivity index (χ0) is 16.8. The fourth-order valence-corrected chi connectivity index (χ4v) is 4.35. The first-order valence-electron chi connectivity index (χ1n) is 8.03. The van der Waals surface area contributed by atoms with Gasteiger partial charge in [-0.05, 0) is 47.0 Å². The predicted molar refractivity (Wildman–Crippen MR) is 103 cm³/mol. The number of fused-ring (bicyclic) bond motifs is 2. The van der Waals surface area contributed by atoms with Crippen molar-refractivity contribution in [2.45, 2.75) is 6.42 Å². The van der Waals surface area contributed by atoms with Crippen LogP contribution in [0, 0.1) is 0 Å². The Bertz CT molecular complexity index is 1130. The van der Waals surface area contributed by atoms with E-state index < -0.39 is 0 Å². The molecule has 5 rings (SSSR count). The number of aliphatic imine (C=N–C) groups is 1. The topological polar surface area (TPSA) is 64.2 Å². The van der Waals surface area contributed by atoms with Gasteiger partial charge in [0.05, 0.1) is 15.9 Å². The number of nitrogens with two attached hydrogens (primary N) is 1. The van der Waals surface area contributed by atoms with E-state index in [4.69, 9.17) is 5.73 Å². The Morgan fingerprint density at radius 1 is 0.920 bits per heavy atom. The maximum atomic E-state index is 5.86. The second-order valence-electron chi connectivity index (χ2n) is 6.04. The number of hydrogen-bond donors (Lipinski definition) is 1. The molecular weight excluding hydrogens is 328 g/mol. The van der Waals surface area contributed by atoms with E-state index in [2.05, 4.69) is 45.3 Å². The number of aromatic nitrogens is 2. The minimum absolute atomic E-state index is 0.685. The van der Waals surface area contributed by atoms with E-state index in [0.29, 0.717) is 5.84 Å². The first kappa shape index (κ1) is 14.3. The fourth-order valence-electron chi connectivity index (χ4n) is 3.20. The monoisotopic (exact) mass is 342 g/mol. The van der Waals surface area contributed by atoms with Crippen molar-refractivity contribution in [2.75, 3.05) is 0 Å². The van der Waals surface area contributed by atoms with Gasteiger partial charge in [0.15, 0.2) is 0 Å². The highest BCUT2D eigenvalue weighted by molar-refractivity contribution is 7.22. The highest BCUT2D eigenvalue weighted by Crippen LogP contribution is 2.40. The Labute approximate surface area is 148 Å². The van der Waals surface area contributed by atoms with Crippen LogP contribution in [0.25, 0.3) is 31.8 Å². The van der Waals surface area contributed by atoms with Crippen molar-refractivity contribution in [3.63, 3.8) is 0 Å². The highest BCUT2D eigenvalue weighted by Gasteiger charge is 2.15. The predicted octanol–water partition coefficient (Wildman–Crippen LogP) is 4.57. The molecule has 0 fully saturated rings. The van der Waals surface area contributed by atoms with Gasteiger partial charge in [-0.3, -0.25) is 9.97 Å². The fraction of sp³-hybridized carbons (Fsp3) is 0.0500. The lowest BCUT2D eigenvalue weighted by atomic mass is 10.1. The van der Waals surface area contributed by atoms with Gasteiger partial charge in [0.1, 0.15) is 5.84 Å². The third-order valence-corrected chi connectivity index (χ3v) is 5.62. The van der Waals surface area contributed by atoms with Gasteiger partial charge in [-0.1, -0.05) is 12.1 Å². The van der Waals surface area contributed by atoms with Crippen molar-refractivity contribution in [2.24, 2.45) is 10.7 Å². The molecular formula is C20H14N4S. The summed E-state index contributed by atoms with van der Waals surface area (Å²) in [5.41, 5.74) is 12.5. The second kappa shape index (κ2) is 5.50. The molecule has 0 aliphatic carbocycles. The Hall–Kier alpha value is -3.05. The molecule has 0 bridgehead atoms. The zero-order valence-corrected chi connectivity index (χ0v) is 14.1. The van der Waals surface area contributed by atoms with Crippen molar-refractivity contribution >= 4 is 33.1 Å². The van der Waals surface area contributed by atoms with Crippen LogP contribution < -0.4 is 5.73 Å². The van der Waals surface area contributed by atoms with Crippen LogP contribution in [0.3, 0.4) is 0 Å². The summed E-state index contributed by atoms with van der Waals surface area (Å²) < 4.78 is 1.19. The Morgan fingerprint density at radius 3 is 2.68 bits per heavy atom. The molecule has 0 spiro atoms. The molecule has 25 heavy (non-hydrogen) atoms. The average Bonchev–Trinajstić information content (AvgIpc) is 3.23. The van der Waals surface area contributed by atoms with Crippen molar-refractivity contribution < 1.29 is 0 Å². The van der Waals surface area contributed by atoms with E-state index in [1.54, 1.807) is 11.3 Å². The Balaban J connectivity index is 1.66. The van der Waals surface area contributed by atoms with Gasteiger partial charge in [-0.15, -0.1) is 11.3 Å². The summed E-state index contributed by atoms with van der Waals surface area (Å²) in [7, 11) is 0. The summed E-state index contributed by atoms with van der Waals surface area (Å²) in [5.74, 6) is 0.685. The molecule has 0 saturated heterocycles. The molecule has 120 valence electrons. The SMILES string of the molecule is NC1=Nc2cc(-c3cc4nccc(-c5ccncc5)c4s3)ccc2C1. The standard InChI is InChI=1S/C20H14N4S/c21-19-10-13-1-2-14(9-16(13)24-19)18-11-17-20(25-18)15(5-8-23-17)12-3-6-22-7-4-12/h1-9,11H,10H2,(H2,21,24). The molecule has 2 N–H and O–H groups in total. The van der Waals surface area contributed by atoms with Gasteiger partial charge >= 0.3 is 0 Å². The molecule has 1 aliphatic heterocycles. The Kier molecular flexibility index (Phi) is 3.15. The lowest BCUT2D eigenvalue weighted by molar-refractivity contribution is 1.33. The quantitative estimate of drug-likeness (QED) is 0.580. The van der Waals surface area contributed by atoms with Crippen LogP contribution in [0.5, 0.6) is 0 Å². The van der Waals surface area contributed by atoms with E-state index in [1.807, 2.05) is 30.7 Å². The van der Waals surface area contributed by atoms with Crippen molar-refractivity contribution in [3.8, 4) is 21.6 Å². The van der Waals surface area contributed by atoms with Gasteiger partial charge < -0.3 is 5.73 Å². The van der Waals surface area contributed by atoms with Crippen molar-refractivity contribution in [1.82, 2.24) is 9.97 Å². The van der Waals surface area contributed by atoms with Crippen LogP contribution >= 0.6 is 11.3 Å². The highest BCUT2D eigenvalue weighted by atomic mass is 32.1. The third kappa shape index (κ3) is 2.40. The normalized spacial score (nSPS) is 13.0. The second-order valence-corrected chi connectivity index (χ2v) is 7.10. The molecule has 1 aliphatic rings. The number of nitrogens with zero attached hydrogens (tertiary/aromatic N) is 3. The smallest absolute Gasteiger partial charge is 0.104 e. The van der Waals surface area contributed by atoms with Crippen LogP contribution in [0.15, 0.2) is 66.0 Å². The third-order valence-electron chi connectivity index (χ3n) is 4.41. The van der Waals surface area contributed by atoms with Gasteiger partial charge in [0, 0.05) is 35.5 Å². The minimum atomic E-state index is 0.685. The van der Waals surface area contributed by atoms with Crippen LogP contribution in [0.1, 0.15) is 5.56 Å². The number of thiophene rings is 1. The lowest BCUT2D eigenvalue weighted by Crippen LogP contribution is -2.09. The van der Waals surface area contributed by atoms with Crippen LogP contribution in [0.2, 0.25) is 0 Å². The van der Waals surface area contributed by atoms with E-state index in [1.165, 1.54) is 20.7 Å². The van der Waals surface area contributed by atoms with E-state index >= 15 is 0 Å². The number of amidine groups is 1. The summed E-state index contributed by atoms with van der Waals surface area (Å²) in [6.07, 6.45) is 6.25. The number of benzene rings is 1. The number of pyridine rings is 2. The first-order valence-corrected chi connectivity index (χ1v) is 8.85.